The van der Waals surface area contributed by atoms with Gasteiger partial charge in [-0.3, -0.25) is 4.79 Å². The normalized spacial score (nSPS) is 12.1. The van der Waals surface area contributed by atoms with E-state index in [0.717, 1.165) is 15.5 Å². The van der Waals surface area contributed by atoms with Gasteiger partial charge in [0.15, 0.2) is 10.6 Å². The number of halogens is 1. The van der Waals surface area contributed by atoms with E-state index < -0.39 is 0 Å². The first-order valence-electron chi connectivity index (χ1n) is 5.63. The number of hydrogen-bond donors (Lipinski definition) is 0. The summed E-state index contributed by atoms with van der Waals surface area (Å²) in [5.41, 5.74) is 0.777. The molecule has 0 N–H and O–H groups in total. The average molecular weight is 278 g/mol. The van der Waals surface area contributed by atoms with Gasteiger partial charge in [-0.2, -0.15) is 0 Å². The second-order valence-electron chi connectivity index (χ2n) is 4.03. The van der Waals surface area contributed by atoms with Crippen LogP contribution in [0.3, 0.4) is 0 Å². The molecule has 0 amide bonds. The highest BCUT2D eigenvalue weighted by Gasteiger charge is 2.21. The topological polar surface area (TPSA) is 17.1 Å². The van der Waals surface area contributed by atoms with Crippen LogP contribution in [0.1, 0.15) is 10.4 Å². The fourth-order valence-corrected chi connectivity index (χ4v) is 3.29. The van der Waals surface area contributed by atoms with Crippen molar-refractivity contribution in [3.63, 3.8) is 0 Å². The average Bonchev–Trinajstić information content (AvgIpc) is 2.39. The minimum absolute atomic E-state index is 0.108. The predicted molar refractivity (Wildman–Crippen MR) is 78.6 cm³/mol. The van der Waals surface area contributed by atoms with E-state index in [1.807, 2.05) is 54.6 Å². The molecular weight excluding hydrogens is 264 g/mol. The smallest absolute Gasteiger partial charge is 0.212 e. The summed E-state index contributed by atoms with van der Waals surface area (Å²) < 4.78 is 0. The molecule has 0 spiro atoms. The second-order valence-corrected chi connectivity index (χ2v) is 6.50. The Labute approximate surface area is 115 Å². The van der Waals surface area contributed by atoms with E-state index in [2.05, 4.69) is 6.26 Å². The Bertz CT molecular complexity index is 539. The van der Waals surface area contributed by atoms with Crippen molar-refractivity contribution in [2.24, 2.45) is 0 Å². The molecule has 0 radical (unpaired) electrons. The minimum atomic E-state index is -0.108. The van der Waals surface area contributed by atoms with Gasteiger partial charge in [-0.05, 0) is 12.1 Å². The quantitative estimate of drug-likeness (QED) is 0.613. The Morgan fingerprint density at radius 3 is 2.50 bits per heavy atom. The van der Waals surface area contributed by atoms with Gasteiger partial charge in [0.2, 0.25) is 5.78 Å². The molecule has 0 aliphatic heterocycles. The lowest BCUT2D eigenvalue weighted by atomic mass is 10.2. The van der Waals surface area contributed by atoms with E-state index in [1.165, 1.54) is 0 Å². The van der Waals surface area contributed by atoms with Crippen LogP contribution in [0.15, 0.2) is 59.5 Å². The first kappa shape index (κ1) is 13.2. The number of carbonyl (C=O) groups is 1. The zero-order valence-corrected chi connectivity index (χ0v) is 11.7. The molecule has 0 saturated heterocycles. The van der Waals surface area contributed by atoms with Gasteiger partial charge in [0.1, 0.15) is 6.26 Å². The molecule has 0 fully saturated rings. The van der Waals surface area contributed by atoms with Crippen molar-refractivity contribution < 1.29 is 4.79 Å². The maximum atomic E-state index is 12.1. The lowest BCUT2D eigenvalue weighted by Gasteiger charge is -2.03. The molecule has 3 heteroatoms. The van der Waals surface area contributed by atoms with E-state index >= 15 is 0 Å². The number of carbonyl (C=O) groups excluding carboxylic acids is 1. The molecule has 0 heterocycles. The van der Waals surface area contributed by atoms with Crippen molar-refractivity contribution in [1.29, 1.82) is 0 Å². The van der Waals surface area contributed by atoms with Gasteiger partial charge in [-0.25, -0.2) is 0 Å². The maximum Gasteiger partial charge on any atom is 0.212 e. The SMILES string of the molecule is C[S+](CC(=O)c1ccccc1)c1cccc(Cl)c1. The highest BCUT2D eigenvalue weighted by molar-refractivity contribution is 7.96. The molecule has 0 aliphatic carbocycles. The van der Waals surface area contributed by atoms with Crippen LogP contribution in [-0.4, -0.2) is 17.8 Å². The molecule has 2 rings (SSSR count). The van der Waals surface area contributed by atoms with E-state index in [1.54, 1.807) is 0 Å². The summed E-state index contributed by atoms with van der Waals surface area (Å²) in [6.07, 6.45) is 2.08. The van der Waals surface area contributed by atoms with E-state index in [4.69, 9.17) is 11.6 Å². The summed E-state index contributed by atoms with van der Waals surface area (Å²) in [7, 11) is -0.108. The Morgan fingerprint density at radius 2 is 1.83 bits per heavy atom. The van der Waals surface area contributed by atoms with Crippen LogP contribution < -0.4 is 0 Å². The Kier molecular flexibility index (Phi) is 4.45. The Morgan fingerprint density at radius 1 is 1.11 bits per heavy atom. The predicted octanol–water partition coefficient (Wildman–Crippen LogP) is 3.83. The number of hydrogen-bond acceptors (Lipinski definition) is 1. The van der Waals surface area contributed by atoms with Gasteiger partial charge in [-0.1, -0.05) is 48.0 Å². The van der Waals surface area contributed by atoms with Gasteiger partial charge in [0.25, 0.3) is 0 Å². The minimum Gasteiger partial charge on any atom is -0.289 e. The lowest BCUT2D eigenvalue weighted by molar-refractivity contribution is 0.102. The number of benzene rings is 2. The largest absolute Gasteiger partial charge is 0.289 e. The van der Waals surface area contributed by atoms with E-state index in [-0.39, 0.29) is 16.7 Å². The van der Waals surface area contributed by atoms with Crippen LogP contribution >= 0.6 is 11.6 Å². The third-order valence-electron chi connectivity index (χ3n) is 2.64. The highest BCUT2D eigenvalue weighted by Crippen LogP contribution is 2.18. The van der Waals surface area contributed by atoms with E-state index in [9.17, 15) is 4.79 Å². The van der Waals surface area contributed by atoms with Gasteiger partial charge in [0, 0.05) is 27.5 Å². The standard InChI is InChI=1S/C15H14ClOS/c1-18(14-9-5-8-13(16)10-14)11-15(17)12-6-3-2-4-7-12/h2-10H,11H2,1H3/q+1. The van der Waals surface area contributed by atoms with Crippen LogP contribution in [0.25, 0.3) is 0 Å². The number of rotatable bonds is 4. The molecule has 0 aromatic heterocycles. The molecule has 0 bridgehead atoms. The summed E-state index contributed by atoms with van der Waals surface area (Å²) >= 11 is 5.96. The molecule has 18 heavy (non-hydrogen) atoms. The molecule has 0 aliphatic rings. The van der Waals surface area contributed by atoms with Crippen LogP contribution in [0, 0.1) is 0 Å². The zero-order valence-electron chi connectivity index (χ0n) is 10.1. The van der Waals surface area contributed by atoms with Crippen molar-refractivity contribution in [2.45, 2.75) is 4.90 Å². The highest BCUT2D eigenvalue weighted by atomic mass is 35.5. The fourth-order valence-electron chi connectivity index (χ4n) is 1.67. The first-order chi connectivity index (χ1) is 8.66. The van der Waals surface area contributed by atoms with Crippen molar-refractivity contribution in [3.05, 3.63) is 65.2 Å². The maximum absolute atomic E-state index is 12.1. The molecular formula is C15H14ClOS+. The van der Waals surface area contributed by atoms with Crippen molar-refractivity contribution >= 4 is 28.3 Å². The molecule has 1 unspecified atom stereocenters. The van der Waals surface area contributed by atoms with Gasteiger partial charge in [0.05, 0.1) is 0 Å². The van der Waals surface area contributed by atoms with Gasteiger partial charge < -0.3 is 0 Å². The second kappa shape index (κ2) is 6.07. The van der Waals surface area contributed by atoms with Crippen molar-refractivity contribution in [1.82, 2.24) is 0 Å². The molecule has 0 saturated carbocycles. The number of Topliss-reactive ketones (excluding diaryl/α,β-unsaturated/α-hetero) is 1. The molecule has 92 valence electrons. The van der Waals surface area contributed by atoms with E-state index in [0.29, 0.717) is 5.75 Å². The molecule has 1 atom stereocenters. The first-order valence-corrected chi connectivity index (χ1v) is 7.81. The van der Waals surface area contributed by atoms with Gasteiger partial charge in [-0.15, -0.1) is 0 Å². The lowest BCUT2D eigenvalue weighted by Crippen LogP contribution is -2.15. The Hall–Kier alpha value is -1.25. The van der Waals surface area contributed by atoms with Crippen molar-refractivity contribution in [2.75, 3.05) is 12.0 Å². The number of ketones is 1. The summed E-state index contributed by atoms with van der Waals surface area (Å²) in [6.45, 7) is 0. The van der Waals surface area contributed by atoms with Crippen LogP contribution in [-0.2, 0) is 10.9 Å². The summed E-state index contributed by atoms with van der Waals surface area (Å²) in [6, 6.07) is 17.1. The monoisotopic (exact) mass is 277 g/mol. The van der Waals surface area contributed by atoms with Crippen LogP contribution in [0.2, 0.25) is 5.02 Å². The molecule has 1 nitrogen and oxygen atoms in total. The van der Waals surface area contributed by atoms with Crippen molar-refractivity contribution in [3.8, 4) is 0 Å². The fraction of sp³-hybridized carbons (Fsp3) is 0.133. The summed E-state index contributed by atoms with van der Waals surface area (Å²) in [5, 5.41) is 0.721. The Balaban J connectivity index is 2.08. The molecule has 2 aromatic carbocycles. The van der Waals surface area contributed by atoms with Gasteiger partial charge >= 0.3 is 0 Å². The van der Waals surface area contributed by atoms with Crippen LogP contribution in [0.5, 0.6) is 0 Å². The molecule has 2 aromatic rings. The van der Waals surface area contributed by atoms with Crippen LogP contribution in [0.4, 0.5) is 0 Å². The zero-order chi connectivity index (χ0) is 13.0. The summed E-state index contributed by atoms with van der Waals surface area (Å²) in [4.78, 5) is 13.2. The third kappa shape index (κ3) is 3.37. The third-order valence-corrected chi connectivity index (χ3v) is 4.63. The summed E-state index contributed by atoms with van der Waals surface area (Å²) in [5.74, 6) is 0.714.